The van der Waals surface area contributed by atoms with E-state index in [1.807, 2.05) is 20.8 Å². The Balaban J connectivity index is 2.26. The van der Waals surface area contributed by atoms with Crippen molar-refractivity contribution in [2.75, 3.05) is 6.54 Å². The summed E-state index contributed by atoms with van der Waals surface area (Å²) in [5.41, 5.74) is -0.316. The third-order valence-corrected chi connectivity index (χ3v) is 2.79. The SMILES string of the molecule is CCNC(C)(C)C(=O)CCC1CC1. The fraction of sp³-hybridized carbons (Fsp3) is 0.909. The lowest BCUT2D eigenvalue weighted by molar-refractivity contribution is -0.124. The summed E-state index contributed by atoms with van der Waals surface area (Å²) < 4.78 is 0. The molecule has 0 aliphatic heterocycles. The first-order chi connectivity index (χ1) is 6.06. The quantitative estimate of drug-likeness (QED) is 0.683. The van der Waals surface area contributed by atoms with E-state index in [0.717, 1.165) is 25.3 Å². The molecule has 0 heterocycles. The van der Waals surface area contributed by atoms with Gasteiger partial charge >= 0.3 is 0 Å². The number of hydrogen-bond donors (Lipinski definition) is 1. The van der Waals surface area contributed by atoms with Gasteiger partial charge in [0.15, 0.2) is 5.78 Å². The van der Waals surface area contributed by atoms with E-state index in [0.29, 0.717) is 5.78 Å². The van der Waals surface area contributed by atoms with Crippen LogP contribution in [-0.2, 0) is 4.79 Å². The second kappa shape index (κ2) is 4.23. The van der Waals surface area contributed by atoms with E-state index in [-0.39, 0.29) is 5.54 Å². The summed E-state index contributed by atoms with van der Waals surface area (Å²) in [4.78, 5) is 11.7. The second-order valence-corrected chi connectivity index (χ2v) is 4.56. The van der Waals surface area contributed by atoms with Crippen LogP contribution in [0.1, 0.15) is 46.5 Å². The maximum absolute atomic E-state index is 11.7. The van der Waals surface area contributed by atoms with Crippen LogP contribution in [0.25, 0.3) is 0 Å². The Hall–Kier alpha value is -0.370. The van der Waals surface area contributed by atoms with Gasteiger partial charge in [-0.05, 0) is 32.7 Å². The molecule has 0 spiro atoms. The molecule has 1 saturated carbocycles. The molecule has 0 amide bonds. The summed E-state index contributed by atoms with van der Waals surface area (Å²) in [6.45, 7) is 6.86. The molecule has 1 aliphatic rings. The Kier molecular flexibility index (Phi) is 3.48. The van der Waals surface area contributed by atoms with Crippen LogP contribution in [0.15, 0.2) is 0 Å². The van der Waals surface area contributed by atoms with E-state index in [1.165, 1.54) is 12.8 Å². The van der Waals surface area contributed by atoms with Gasteiger partial charge in [-0.15, -0.1) is 0 Å². The molecule has 0 saturated heterocycles. The third-order valence-electron chi connectivity index (χ3n) is 2.79. The zero-order valence-corrected chi connectivity index (χ0v) is 9.02. The monoisotopic (exact) mass is 183 g/mol. The van der Waals surface area contributed by atoms with Crippen molar-refractivity contribution in [3.63, 3.8) is 0 Å². The molecule has 0 unspecified atom stereocenters. The minimum Gasteiger partial charge on any atom is -0.306 e. The summed E-state index contributed by atoms with van der Waals surface area (Å²) in [5, 5.41) is 3.22. The van der Waals surface area contributed by atoms with E-state index >= 15 is 0 Å². The van der Waals surface area contributed by atoms with Gasteiger partial charge < -0.3 is 5.32 Å². The maximum Gasteiger partial charge on any atom is 0.152 e. The highest BCUT2D eigenvalue weighted by atomic mass is 16.1. The van der Waals surface area contributed by atoms with Gasteiger partial charge in [0.05, 0.1) is 5.54 Å². The molecule has 0 aromatic rings. The Morgan fingerprint density at radius 2 is 2.08 bits per heavy atom. The average molecular weight is 183 g/mol. The predicted molar refractivity (Wildman–Crippen MR) is 54.7 cm³/mol. The van der Waals surface area contributed by atoms with Gasteiger partial charge in [0.1, 0.15) is 0 Å². The lowest BCUT2D eigenvalue weighted by Gasteiger charge is -2.23. The number of nitrogens with one attached hydrogen (secondary N) is 1. The summed E-state index contributed by atoms with van der Waals surface area (Å²) in [7, 11) is 0. The minimum atomic E-state index is -0.316. The van der Waals surface area contributed by atoms with Crippen LogP contribution in [0.5, 0.6) is 0 Å². The Morgan fingerprint density at radius 3 is 2.54 bits per heavy atom. The van der Waals surface area contributed by atoms with E-state index in [2.05, 4.69) is 5.32 Å². The van der Waals surface area contributed by atoms with Gasteiger partial charge in [-0.25, -0.2) is 0 Å². The zero-order valence-electron chi connectivity index (χ0n) is 9.02. The van der Waals surface area contributed by atoms with Crippen molar-refractivity contribution in [2.45, 2.75) is 52.0 Å². The number of likely N-dealkylation sites (N-methyl/N-ethyl adjacent to an activating group) is 1. The number of carbonyl (C=O) groups excluding carboxylic acids is 1. The van der Waals surface area contributed by atoms with Crippen molar-refractivity contribution >= 4 is 5.78 Å². The van der Waals surface area contributed by atoms with E-state index in [9.17, 15) is 4.79 Å². The molecule has 76 valence electrons. The summed E-state index contributed by atoms with van der Waals surface area (Å²) in [5.74, 6) is 1.22. The standard InChI is InChI=1S/C11H21NO/c1-4-12-11(2,3)10(13)8-7-9-5-6-9/h9,12H,4-8H2,1-3H3. The normalized spacial score (nSPS) is 17.5. The molecule has 0 radical (unpaired) electrons. The number of hydrogen-bond acceptors (Lipinski definition) is 2. The van der Waals surface area contributed by atoms with E-state index < -0.39 is 0 Å². The largest absolute Gasteiger partial charge is 0.306 e. The van der Waals surface area contributed by atoms with Gasteiger partial charge in [-0.2, -0.15) is 0 Å². The van der Waals surface area contributed by atoms with Crippen LogP contribution in [0, 0.1) is 5.92 Å². The van der Waals surface area contributed by atoms with Gasteiger partial charge in [0, 0.05) is 6.42 Å². The molecule has 2 nitrogen and oxygen atoms in total. The fourth-order valence-electron chi connectivity index (χ4n) is 1.59. The number of ketones is 1. The van der Waals surface area contributed by atoms with E-state index in [1.54, 1.807) is 0 Å². The topological polar surface area (TPSA) is 29.1 Å². The summed E-state index contributed by atoms with van der Waals surface area (Å²) in [6.07, 6.45) is 4.54. The van der Waals surface area contributed by atoms with Crippen molar-refractivity contribution < 1.29 is 4.79 Å². The lowest BCUT2D eigenvalue weighted by atomic mass is 9.94. The molecule has 13 heavy (non-hydrogen) atoms. The van der Waals surface area contributed by atoms with Crippen molar-refractivity contribution in [1.29, 1.82) is 0 Å². The van der Waals surface area contributed by atoms with Crippen molar-refractivity contribution in [3.05, 3.63) is 0 Å². The molecule has 1 aliphatic carbocycles. The third kappa shape index (κ3) is 3.47. The van der Waals surface area contributed by atoms with E-state index in [4.69, 9.17) is 0 Å². The molecule has 1 fully saturated rings. The molecule has 1 N–H and O–H groups in total. The van der Waals surface area contributed by atoms with Crippen LogP contribution in [0.3, 0.4) is 0 Å². The first-order valence-electron chi connectivity index (χ1n) is 5.34. The van der Waals surface area contributed by atoms with Crippen molar-refractivity contribution in [1.82, 2.24) is 5.32 Å². The molecular formula is C11H21NO. The zero-order chi connectivity index (χ0) is 9.90. The maximum atomic E-state index is 11.7. The molecule has 0 aromatic heterocycles. The second-order valence-electron chi connectivity index (χ2n) is 4.56. The smallest absolute Gasteiger partial charge is 0.152 e. The van der Waals surface area contributed by atoms with Crippen molar-refractivity contribution in [3.8, 4) is 0 Å². The molecule has 0 atom stereocenters. The predicted octanol–water partition coefficient (Wildman–Crippen LogP) is 2.13. The van der Waals surface area contributed by atoms with Crippen LogP contribution in [0.2, 0.25) is 0 Å². The number of rotatable bonds is 6. The van der Waals surface area contributed by atoms with Gasteiger partial charge in [-0.3, -0.25) is 4.79 Å². The Morgan fingerprint density at radius 1 is 1.46 bits per heavy atom. The summed E-state index contributed by atoms with van der Waals surface area (Å²) >= 11 is 0. The molecule has 1 rings (SSSR count). The average Bonchev–Trinajstić information content (AvgIpc) is 2.83. The number of Topliss-reactive ketones (excluding diaryl/α,β-unsaturated/α-hetero) is 1. The van der Waals surface area contributed by atoms with Gasteiger partial charge in [-0.1, -0.05) is 19.8 Å². The highest BCUT2D eigenvalue weighted by Crippen LogP contribution is 2.33. The Labute approximate surface area is 81.1 Å². The van der Waals surface area contributed by atoms with Crippen molar-refractivity contribution in [2.24, 2.45) is 5.92 Å². The number of carbonyl (C=O) groups is 1. The highest BCUT2D eigenvalue weighted by molar-refractivity contribution is 5.87. The van der Waals surface area contributed by atoms with Gasteiger partial charge in [0.2, 0.25) is 0 Å². The Bertz CT molecular complexity index is 183. The van der Waals surface area contributed by atoms with Crippen LogP contribution in [-0.4, -0.2) is 17.9 Å². The highest BCUT2D eigenvalue weighted by Gasteiger charge is 2.28. The molecule has 0 bridgehead atoms. The fourth-order valence-corrected chi connectivity index (χ4v) is 1.59. The van der Waals surface area contributed by atoms with Crippen LogP contribution >= 0.6 is 0 Å². The van der Waals surface area contributed by atoms with Crippen LogP contribution < -0.4 is 5.32 Å². The lowest BCUT2D eigenvalue weighted by Crippen LogP contribution is -2.46. The molecular weight excluding hydrogens is 162 g/mol. The first kappa shape index (κ1) is 10.7. The first-order valence-corrected chi connectivity index (χ1v) is 5.34. The molecule has 0 aromatic carbocycles. The summed E-state index contributed by atoms with van der Waals surface area (Å²) in [6, 6.07) is 0. The molecule has 2 heteroatoms. The van der Waals surface area contributed by atoms with Gasteiger partial charge in [0.25, 0.3) is 0 Å². The minimum absolute atomic E-state index is 0.316. The van der Waals surface area contributed by atoms with Crippen LogP contribution in [0.4, 0.5) is 0 Å².